The summed E-state index contributed by atoms with van der Waals surface area (Å²) in [5.41, 5.74) is 2.00. The number of rotatable bonds is 3. The number of fused-ring (bicyclic) bond motifs is 1. The number of carboxylic acids is 1. The summed E-state index contributed by atoms with van der Waals surface area (Å²) in [7, 11) is 0. The second kappa shape index (κ2) is 4.04. The molecule has 0 saturated carbocycles. The maximum absolute atomic E-state index is 10.8. The second-order valence-corrected chi connectivity index (χ2v) is 4.08. The Hall–Kier alpha value is -1.71. The highest BCUT2D eigenvalue weighted by atomic mass is 16.4. The molecular formula is C12H15NO3. The molecule has 16 heavy (non-hydrogen) atoms. The van der Waals surface area contributed by atoms with E-state index in [0.717, 1.165) is 24.3 Å². The molecule has 1 heterocycles. The molecule has 4 nitrogen and oxygen atoms in total. The van der Waals surface area contributed by atoms with E-state index in [0.29, 0.717) is 0 Å². The lowest BCUT2D eigenvalue weighted by Crippen LogP contribution is -2.21. The molecule has 2 rings (SSSR count). The first kappa shape index (κ1) is 10.8. The van der Waals surface area contributed by atoms with Gasteiger partial charge >= 0.3 is 5.97 Å². The Kier molecular flexibility index (Phi) is 2.73. The Morgan fingerprint density at radius 2 is 2.31 bits per heavy atom. The summed E-state index contributed by atoms with van der Waals surface area (Å²) >= 11 is 0. The number of benzene rings is 1. The predicted molar refractivity (Wildman–Crippen MR) is 61.0 cm³/mol. The lowest BCUT2D eigenvalue weighted by atomic mass is 9.98. The van der Waals surface area contributed by atoms with Crippen LogP contribution >= 0.6 is 0 Å². The highest BCUT2D eigenvalue weighted by Crippen LogP contribution is 2.39. The number of hydrogen-bond donors (Lipinski definition) is 2. The van der Waals surface area contributed by atoms with Gasteiger partial charge in [0.05, 0.1) is 6.42 Å². The molecule has 86 valence electrons. The van der Waals surface area contributed by atoms with E-state index in [2.05, 4.69) is 4.90 Å². The first-order valence-corrected chi connectivity index (χ1v) is 5.41. The summed E-state index contributed by atoms with van der Waals surface area (Å²) in [5.74, 6) is -0.608. The largest absolute Gasteiger partial charge is 0.508 e. The quantitative estimate of drug-likeness (QED) is 0.817. The third-order valence-electron chi connectivity index (χ3n) is 3.04. The summed E-state index contributed by atoms with van der Waals surface area (Å²) in [6.07, 6.45) is 0.118. The lowest BCUT2D eigenvalue weighted by Gasteiger charge is -2.16. The van der Waals surface area contributed by atoms with Crippen molar-refractivity contribution in [1.29, 1.82) is 0 Å². The standard InChI is InChI=1S/C12H15NO3/c1-2-13-7-8(5-12(15)16)10-6-9(14)3-4-11(10)13/h3-4,6,8,14H,2,5,7H2,1H3,(H,15,16). The first-order valence-electron chi connectivity index (χ1n) is 5.41. The van der Waals surface area contributed by atoms with Crippen molar-refractivity contribution in [3.63, 3.8) is 0 Å². The number of aliphatic carboxylic acids is 1. The molecule has 0 spiro atoms. The Morgan fingerprint density at radius 3 is 2.94 bits per heavy atom. The summed E-state index contributed by atoms with van der Waals surface area (Å²) in [4.78, 5) is 12.9. The van der Waals surface area contributed by atoms with E-state index >= 15 is 0 Å². The zero-order chi connectivity index (χ0) is 11.7. The zero-order valence-corrected chi connectivity index (χ0v) is 9.18. The Morgan fingerprint density at radius 1 is 1.56 bits per heavy atom. The highest BCUT2D eigenvalue weighted by Gasteiger charge is 2.29. The number of hydrogen-bond acceptors (Lipinski definition) is 3. The van der Waals surface area contributed by atoms with E-state index in [1.807, 2.05) is 13.0 Å². The van der Waals surface area contributed by atoms with Crippen LogP contribution in [-0.2, 0) is 4.79 Å². The fraction of sp³-hybridized carbons (Fsp3) is 0.417. The fourth-order valence-electron chi connectivity index (χ4n) is 2.30. The van der Waals surface area contributed by atoms with Gasteiger partial charge in [-0.15, -0.1) is 0 Å². The van der Waals surface area contributed by atoms with Crippen molar-refractivity contribution in [2.45, 2.75) is 19.3 Å². The monoisotopic (exact) mass is 221 g/mol. The number of carbonyl (C=O) groups is 1. The molecule has 1 atom stereocenters. The van der Waals surface area contributed by atoms with Crippen LogP contribution in [0.25, 0.3) is 0 Å². The van der Waals surface area contributed by atoms with Gasteiger partial charge in [0.25, 0.3) is 0 Å². The van der Waals surface area contributed by atoms with E-state index < -0.39 is 5.97 Å². The Balaban J connectivity index is 2.35. The van der Waals surface area contributed by atoms with Gasteiger partial charge in [-0.3, -0.25) is 4.79 Å². The van der Waals surface area contributed by atoms with Crippen LogP contribution in [0.4, 0.5) is 5.69 Å². The smallest absolute Gasteiger partial charge is 0.304 e. The average Bonchev–Trinajstić information content (AvgIpc) is 2.55. The van der Waals surface area contributed by atoms with Crippen molar-refractivity contribution < 1.29 is 15.0 Å². The predicted octanol–water partition coefficient (Wildman–Crippen LogP) is 1.79. The molecule has 0 fully saturated rings. The molecule has 0 bridgehead atoms. The summed E-state index contributed by atoms with van der Waals surface area (Å²) in [6, 6.07) is 5.18. The molecule has 1 unspecified atom stereocenters. The summed E-state index contributed by atoms with van der Waals surface area (Å²) in [6.45, 7) is 3.62. The molecule has 0 radical (unpaired) electrons. The SMILES string of the molecule is CCN1CC(CC(=O)O)c2cc(O)ccc21. The summed E-state index contributed by atoms with van der Waals surface area (Å²) < 4.78 is 0. The minimum atomic E-state index is -0.794. The van der Waals surface area contributed by atoms with Crippen LogP contribution in [0.2, 0.25) is 0 Å². The third kappa shape index (κ3) is 1.83. The molecular weight excluding hydrogens is 206 g/mol. The van der Waals surface area contributed by atoms with E-state index in [1.54, 1.807) is 12.1 Å². The van der Waals surface area contributed by atoms with Crippen LogP contribution in [0.15, 0.2) is 18.2 Å². The molecule has 4 heteroatoms. The fourth-order valence-corrected chi connectivity index (χ4v) is 2.30. The van der Waals surface area contributed by atoms with Crippen LogP contribution in [0.1, 0.15) is 24.8 Å². The van der Waals surface area contributed by atoms with Crippen molar-refractivity contribution in [2.24, 2.45) is 0 Å². The van der Waals surface area contributed by atoms with Crippen LogP contribution in [-0.4, -0.2) is 29.3 Å². The second-order valence-electron chi connectivity index (χ2n) is 4.08. The van der Waals surface area contributed by atoms with Crippen LogP contribution in [0.3, 0.4) is 0 Å². The Bertz CT molecular complexity index is 417. The van der Waals surface area contributed by atoms with Crippen molar-refractivity contribution in [1.82, 2.24) is 0 Å². The van der Waals surface area contributed by atoms with Gasteiger partial charge in [-0.05, 0) is 30.7 Å². The number of phenolic OH excluding ortho intramolecular Hbond substituents is 1. The van der Waals surface area contributed by atoms with Gasteiger partial charge in [-0.25, -0.2) is 0 Å². The van der Waals surface area contributed by atoms with Crippen molar-refractivity contribution in [2.75, 3.05) is 18.0 Å². The van der Waals surface area contributed by atoms with E-state index in [9.17, 15) is 9.90 Å². The van der Waals surface area contributed by atoms with Crippen molar-refractivity contribution in [3.8, 4) is 5.75 Å². The number of phenols is 1. The lowest BCUT2D eigenvalue weighted by molar-refractivity contribution is -0.137. The van der Waals surface area contributed by atoms with E-state index in [1.165, 1.54) is 0 Å². The molecule has 1 aliphatic rings. The van der Waals surface area contributed by atoms with Gasteiger partial charge in [-0.2, -0.15) is 0 Å². The van der Waals surface area contributed by atoms with Crippen LogP contribution in [0, 0.1) is 0 Å². The molecule has 0 aromatic heterocycles. The molecule has 0 amide bonds. The van der Waals surface area contributed by atoms with E-state index in [4.69, 9.17) is 5.11 Å². The summed E-state index contributed by atoms with van der Waals surface area (Å²) in [5, 5.41) is 18.3. The number of anilines is 1. The Labute approximate surface area is 94.1 Å². The van der Waals surface area contributed by atoms with E-state index in [-0.39, 0.29) is 18.1 Å². The number of carboxylic acid groups (broad SMARTS) is 1. The zero-order valence-electron chi connectivity index (χ0n) is 9.18. The molecule has 2 N–H and O–H groups in total. The van der Waals surface area contributed by atoms with Gasteiger partial charge in [0.1, 0.15) is 5.75 Å². The number of aromatic hydroxyl groups is 1. The average molecular weight is 221 g/mol. The van der Waals surface area contributed by atoms with Gasteiger partial charge in [0.2, 0.25) is 0 Å². The van der Waals surface area contributed by atoms with Crippen molar-refractivity contribution in [3.05, 3.63) is 23.8 Å². The van der Waals surface area contributed by atoms with Crippen molar-refractivity contribution >= 4 is 11.7 Å². The molecule has 1 aromatic rings. The first-order chi connectivity index (χ1) is 7.61. The molecule has 1 aromatic carbocycles. The molecule has 0 saturated heterocycles. The van der Waals surface area contributed by atoms with Crippen LogP contribution in [0.5, 0.6) is 5.75 Å². The number of nitrogens with zero attached hydrogens (tertiary/aromatic N) is 1. The molecule has 0 aliphatic carbocycles. The van der Waals surface area contributed by atoms with Gasteiger partial charge in [0, 0.05) is 24.7 Å². The minimum Gasteiger partial charge on any atom is -0.508 e. The number of likely N-dealkylation sites (N-methyl/N-ethyl adjacent to an activating group) is 1. The maximum Gasteiger partial charge on any atom is 0.304 e. The third-order valence-corrected chi connectivity index (χ3v) is 3.04. The van der Waals surface area contributed by atoms with Crippen LogP contribution < -0.4 is 4.90 Å². The highest BCUT2D eigenvalue weighted by molar-refractivity contribution is 5.71. The minimum absolute atomic E-state index is 0.0143. The molecule has 1 aliphatic heterocycles. The topological polar surface area (TPSA) is 60.8 Å². The normalized spacial score (nSPS) is 18.6. The van der Waals surface area contributed by atoms with Gasteiger partial charge in [0.15, 0.2) is 0 Å². The van der Waals surface area contributed by atoms with Gasteiger partial charge < -0.3 is 15.1 Å². The maximum atomic E-state index is 10.8. The van der Waals surface area contributed by atoms with Gasteiger partial charge in [-0.1, -0.05) is 0 Å².